The number of hydrogen-bond donors (Lipinski definition) is 6. The van der Waals surface area contributed by atoms with Gasteiger partial charge in [-0.05, 0) is 117 Å². The van der Waals surface area contributed by atoms with Crippen LogP contribution < -0.4 is 0 Å². The van der Waals surface area contributed by atoms with E-state index in [4.69, 9.17) is 0 Å². The fourth-order valence-electron chi connectivity index (χ4n) is 11.5. The summed E-state index contributed by atoms with van der Waals surface area (Å²) in [5.74, 6) is -1.18. The Morgan fingerprint density at radius 1 is 0.951 bits per heavy atom. The highest BCUT2D eigenvalue weighted by atomic mass is 19.1. The third kappa shape index (κ3) is 4.56. The summed E-state index contributed by atoms with van der Waals surface area (Å²) in [6, 6.07) is 0. The van der Waals surface area contributed by atoms with E-state index in [1.807, 2.05) is 0 Å². The molecule has 0 spiro atoms. The molecule has 234 valence electrons. The molecule has 0 aromatic carbocycles. The summed E-state index contributed by atoms with van der Waals surface area (Å²) in [6.45, 7) is 7.01. The Bertz CT molecular complexity index is 1030. The Kier molecular flexibility index (Phi) is 8.29. The van der Waals surface area contributed by atoms with Crippen LogP contribution in [0.3, 0.4) is 0 Å². The predicted molar refractivity (Wildman–Crippen MR) is 152 cm³/mol. The van der Waals surface area contributed by atoms with Crippen LogP contribution >= 0.6 is 0 Å². The second-order valence-electron chi connectivity index (χ2n) is 15.5. The Labute approximate surface area is 244 Å². The van der Waals surface area contributed by atoms with E-state index in [1.54, 1.807) is 6.92 Å². The van der Waals surface area contributed by atoms with Crippen LogP contribution in [0.4, 0.5) is 4.39 Å². The number of allylic oxidation sites excluding steroid dienone is 2. The molecule has 0 amide bonds. The molecule has 0 aromatic heterocycles. The summed E-state index contributed by atoms with van der Waals surface area (Å²) in [6.07, 6.45) is 5.54. The van der Waals surface area contributed by atoms with Crippen molar-refractivity contribution in [3.05, 3.63) is 11.6 Å². The minimum atomic E-state index is -1.70. The summed E-state index contributed by atoms with van der Waals surface area (Å²) in [5, 5.41) is 62.9. The number of rotatable bonds is 7. The number of carboxylic acid groups (broad SMARTS) is 1. The third-order valence-electron chi connectivity index (χ3n) is 13.8. The molecule has 0 heterocycles. The first kappa shape index (κ1) is 31.4. The largest absolute Gasteiger partial charge is 0.481 e. The van der Waals surface area contributed by atoms with Crippen LogP contribution in [0.1, 0.15) is 91.9 Å². The van der Waals surface area contributed by atoms with Crippen LogP contribution in [-0.2, 0) is 4.79 Å². The molecule has 4 fully saturated rings. The number of aliphatic hydroxyl groups excluding tert-OH is 4. The van der Waals surface area contributed by atoms with Gasteiger partial charge < -0.3 is 30.6 Å². The number of aliphatic carboxylic acids is 1. The van der Waals surface area contributed by atoms with Gasteiger partial charge in [0.15, 0.2) is 0 Å². The van der Waals surface area contributed by atoms with Crippen molar-refractivity contribution >= 4 is 5.97 Å². The van der Waals surface area contributed by atoms with E-state index < -0.39 is 60.4 Å². The number of alkyl halides is 1. The van der Waals surface area contributed by atoms with Gasteiger partial charge in [-0.2, -0.15) is 0 Å². The van der Waals surface area contributed by atoms with Gasteiger partial charge in [0.1, 0.15) is 12.2 Å². The molecular weight excluding hydrogens is 527 g/mol. The van der Waals surface area contributed by atoms with Crippen LogP contribution in [0.2, 0.25) is 0 Å². The Balaban J connectivity index is 1.44. The molecule has 0 radical (unpaired) electrons. The van der Waals surface area contributed by atoms with Crippen LogP contribution in [0.15, 0.2) is 11.6 Å². The van der Waals surface area contributed by atoms with Crippen molar-refractivity contribution in [1.29, 1.82) is 0 Å². The standard InChI is InChI=1S/C33H53FO7/c1-18-7-13-33(29(39)40)14-9-21-19(23(33)15-18)5-6-25-30(21,2)12-10-26-31(25,3)11-8-22(32(26,4)41)20(16-34)27(37)28(38)24(36)17-35/h5,18,20-28,35-38,41H,6-17H2,1-4H3,(H,39,40)/t18?,20?,21?,22?,23?,24?,25?,26?,27?,28?,30?,31?,32-,33?/m1/s1. The number of halogens is 1. The molecule has 5 aliphatic rings. The summed E-state index contributed by atoms with van der Waals surface area (Å²) in [4.78, 5) is 12.7. The zero-order valence-corrected chi connectivity index (χ0v) is 25.3. The summed E-state index contributed by atoms with van der Waals surface area (Å²) >= 11 is 0. The van der Waals surface area contributed by atoms with Gasteiger partial charge in [0, 0.05) is 5.92 Å². The van der Waals surface area contributed by atoms with Crippen molar-refractivity contribution in [2.45, 2.75) is 116 Å². The Morgan fingerprint density at radius 3 is 2.24 bits per heavy atom. The molecule has 0 saturated heterocycles. The SMILES string of the molecule is CC1CCC2(C(=O)O)CCC3C(=CCC4C3(C)CCC3C4(C)CCC(C(CF)C(O)C(O)C(O)CO)[C@@]3(C)O)C2C1. The number of carboxylic acids is 1. The van der Waals surface area contributed by atoms with Crippen molar-refractivity contribution in [3.63, 3.8) is 0 Å². The Morgan fingerprint density at radius 2 is 1.61 bits per heavy atom. The van der Waals surface area contributed by atoms with E-state index >= 15 is 0 Å². The molecule has 7 nitrogen and oxygen atoms in total. The second kappa shape index (κ2) is 10.8. The van der Waals surface area contributed by atoms with E-state index in [9.17, 15) is 39.8 Å². The van der Waals surface area contributed by atoms with Gasteiger partial charge in [0.05, 0.1) is 30.4 Å². The number of aliphatic hydroxyl groups is 5. The van der Waals surface area contributed by atoms with E-state index in [1.165, 1.54) is 5.57 Å². The first-order valence-corrected chi connectivity index (χ1v) is 16.1. The van der Waals surface area contributed by atoms with Gasteiger partial charge in [-0.15, -0.1) is 0 Å². The van der Waals surface area contributed by atoms with Crippen LogP contribution in [-0.4, -0.2) is 73.8 Å². The van der Waals surface area contributed by atoms with E-state index in [2.05, 4.69) is 26.8 Å². The summed E-state index contributed by atoms with van der Waals surface area (Å²) in [7, 11) is 0. The maximum atomic E-state index is 14.5. The molecule has 5 rings (SSSR count). The fraction of sp³-hybridized carbons (Fsp3) is 0.909. The molecule has 13 unspecified atom stereocenters. The topological polar surface area (TPSA) is 138 Å². The fourth-order valence-corrected chi connectivity index (χ4v) is 11.5. The van der Waals surface area contributed by atoms with Gasteiger partial charge in [-0.1, -0.05) is 32.4 Å². The zero-order valence-electron chi connectivity index (χ0n) is 25.3. The lowest BCUT2D eigenvalue weighted by Crippen LogP contribution is -2.65. The monoisotopic (exact) mass is 580 g/mol. The first-order chi connectivity index (χ1) is 19.2. The minimum absolute atomic E-state index is 0.00989. The molecule has 6 N–H and O–H groups in total. The lowest BCUT2D eigenvalue weighted by Gasteiger charge is -2.68. The minimum Gasteiger partial charge on any atom is -0.481 e. The maximum absolute atomic E-state index is 14.5. The number of fused-ring (bicyclic) bond motifs is 7. The molecule has 0 aromatic rings. The summed E-state index contributed by atoms with van der Waals surface area (Å²) < 4.78 is 14.5. The highest BCUT2D eigenvalue weighted by Crippen LogP contribution is 2.71. The van der Waals surface area contributed by atoms with Crippen molar-refractivity contribution in [1.82, 2.24) is 0 Å². The van der Waals surface area contributed by atoms with Crippen molar-refractivity contribution in [3.8, 4) is 0 Å². The molecule has 41 heavy (non-hydrogen) atoms. The zero-order chi connectivity index (χ0) is 30.1. The first-order valence-electron chi connectivity index (χ1n) is 16.1. The van der Waals surface area contributed by atoms with Gasteiger partial charge in [0.2, 0.25) is 0 Å². The average molecular weight is 581 g/mol. The number of carbonyl (C=O) groups is 1. The second-order valence-corrected chi connectivity index (χ2v) is 15.5. The molecule has 0 bridgehead atoms. The van der Waals surface area contributed by atoms with Gasteiger partial charge in [0.25, 0.3) is 0 Å². The van der Waals surface area contributed by atoms with Crippen molar-refractivity contribution < 1.29 is 39.8 Å². The highest BCUT2D eigenvalue weighted by molar-refractivity contribution is 5.76. The molecule has 4 saturated carbocycles. The van der Waals surface area contributed by atoms with Crippen molar-refractivity contribution in [2.75, 3.05) is 13.3 Å². The van der Waals surface area contributed by atoms with Crippen LogP contribution in [0, 0.1) is 57.7 Å². The maximum Gasteiger partial charge on any atom is 0.310 e. The Hall–Kier alpha value is -1.06. The normalized spacial score (nSPS) is 48.8. The highest BCUT2D eigenvalue weighted by Gasteiger charge is 2.66. The number of hydrogen-bond acceptors (Lipinski definition) is 6. The van der Waals surface area contributed by atoms with Gasteiger partial charge >= 0.3 is 5.97 Å². The summed E-state index contributed by atoms with van der Waals surface area (Å²) in [5.41, 5.74) is -0.778. The van der Waals surface area contributed by atoms with Gasteiger partial charge in [-0.25, -0.2) is 0 Å². The van der Waals surface area contributed by atoms with E-state index in [0.717, 1.165) is 57.8 Å². The lowest BCUT2D eigenvalue weighted by molar-refractivity contribution is -0.227. The van der Waals surface area contributed by atoms with Crippen LogP contribution in [0.25, 0.3) is 0 Å². The molecular formula is C33H53FO7. The van der Waals surface area contributed by atoms with Crippen molar-refractivity contribution in [2.24, 2.45) is 57.7 Å². The molecule has 8 heteroatoms. The van der Waals surface area contributed by atoms with E-state index in [-0.39, 0.29) is 22.7 Å². The van der Waals surface area contributed by atoms with Crippen LogP contribution in [0.5, 0.6) is 0 Å². The van der Waals surface area contributed by atoms with Gasteiger partial charge in [-0.3, -0.25) is 9.18 Å². The average Bonchev–Trinajstić information content (AvgIpc) is 2.92. The van der Waals surface area contributed by atoms with E-state index in [0.29, 0.717) is 24.2 Å². The molecule has 0 aliphatic heterocycles. The quantitative estimate of drug-likeness (QED) is 0.249. The predicted octanol–water partition coefficient (Wildman–Crippen LogP) is 4.09. The third-order valence-corrected chi connectivity index (χ3v) is 13.8. The smallest absolute Gasteiger partial charge is 0.310 e. The lowest BCUT2D eigenvalue weighted by atomic mass is 9.37. The molecule has 14 atom stereocenters. The molecule has 5 aliphatic carbocycles.